The van der Waals surface area contributed by atoms with Gasteiger partial charge in [0.15, 0.2) is 5.82 Å². The van der Waals surface area contributed by atoms with Crippen molar-refractivity contribution in [1.29, 1.82) is 0 Å². The Balaban J connectivity index is 1.87. The van der Waals surface area contributed by atoms with Gasteiger partial charge in [0.05, 0.1) is 18.4 Å². The summed E-state index contributed by atoms with van der Waals surface area (Å²) in [7, 11) is 1.77. The van der Waals surface area contributed by atoms with E-state index in [1.165, 1.54) is 12.8 Å². The van der Waals surface area contributed by atoms with Crippen molar-refractivity contribution in [3.8, 4) is 11.4 Å². The van der Waals surface area contributed by atoms with Crippen LogP contribution < -0.4 is 4.90 Å². The molecule has 1 aliphatic rings. The van der Waals surface area contributed by atoms with Crippen molar-refractivity contribution in [2.24, 2.45) is 5.92 Å². The normalized spacial score (nSPS) is 18.6. The maximum absolute atomic E-state index is 5.32. The molecule has 0 radical (unpaired) electrons. The van der Waals surface area contributed by atoms with Crippen LogP contribution in [0.1, 0.15) is 25.5 Å². The van der Waals surface area contributed by atoms with Crippen LogP contribution in [0.25, 0.3) is 11.4 Å². The molecule has 1 aliphatic heterocycles. The fraction of sp³-hybridized carbons (Fsp3) is 0.529. The Morgan fingerprint density at radius 1 is 1.41 bits per heavy atom. The lowest BCUT2D eigenvalue weighted by Gasteiger charge is -2.33. The second kappa shape index (κ2) is 6.92. The van der Waals surface area contributed by atoms with Crippen molar-refractivity contribution in [2.75, 3.05) is 31.7 Å². The summed E-state index contributed by atoms with van der Waals surface area (Å²) in [5.41, 5.74) is 2.00. The molecule has 3 heterocycles. The Bertz CT molecular complexity index is 596. The van der Waals surface area contributed by atoms with Gasteiger partial charge in [0.2, 0.25) is 0 Å². The lowest BCUT2D eigenvalue weighted by atomic mass is 9.99. The van der Waals surface area contributed by atoms with E-state index >= 15 is 0 Å². The minimum atomic E-state index is 0.580. The summed E-state index contributed by atoms with van der Waals surface area (Å²) in [6, 6.07) is 4.02. The summed E-state index contributed by atoms with van der Waals surface area (Å²) in [6.45, 7) is 4.98. The van der Waals surface area contributed by atoms with Gasteiger partial charge in [-0.3, -0.25) is 0 Å². The number of furan rings is 1. The summed E-state index contributed by atoms with van der Waals surface area (Å²) in [5, 5.41) is 0. The molecule has 0 spiro atoms. The molecule has 1 unspecified atom stereocenters. The number of ether oxygens (including phenoxy) is 1. The average Bonchev–Trinajstić information content (AvgIpc) is 3.09. The molecule has 5 nitrogen and oxygen atoms in total. The Labute approximate surface area is 131 Å². The van der Waals surface area contributed by atoms with Crippen LogP contribution in [0.5, 0.6) is 0 Å². The third kappa shape index (κ3) is 3.30. The van der Waals surface area contributed by atoms with E-state index in [1.54, 1.807) is 19.6 Å². The first-order chi connectivity index (χ1) is 10.8. The highest BCUT2D eigenvalue weighted by molar-refractivity contribution is 5.56. The highest BCUT2D eigenvalue weighted by Gasteiger charge is 2.22. The summed E-state index contributed by atoms with van der Waals surface area (Å²) in [5.74, 6) is 2.34. The first-order valence-electron chi connectivity index (χ1n) is 7.94. The van der Waals surface area contributed by atoms with E-state index in [0.717, 1.165) is 49.0 Å². The molecule has 1 fully saturated rings. The highest BCUT2D eigenvalue weighted by atomic mass is 16.5. The number of aryl methyl sites for hydroxylation is 1. The fourth-order valence-corrected chi connectivity index (χ4v) is 2.99. The van der Waals surface area contributed by atoms with Crippen molar-refractivity contribution >= 4 is 5.82 Å². The molecular weight excluding hydrogens is 278 g/mol. The molecule has 118 valence electrons. The third-order valence-electron chi connectivity index (χ3n) is 4.15. The maximum Gasteiger partial charge on any atom is 0.165 e. The predicted molar refractivity (Wildman–Crippen MR) is 85.9 cm³/mol. The summed E-state index contributed by atoms with van der Waals surface area (Å²) in [6.07, 6.45) is 6.66. The molecule has 2 aromatic heterocycles. The lowest BCUT2D eigenvalue weighted by molar-refractivity contribution is 0.143. The number of hydrogen-bond donors (Lipinski definition) is 0. The average molecular weight is 301 g/mol. The van der Waals surface area contributed by atoms with Crippen molar-refractivity contribution in [3.63, 3.8) is 0 Å². The van der Waals surface area contributed by atoms with E-state index in [0.29, 0.717) is 5.92 Å². The van der Waals surface area contributed by atoms with Crippen molar-refractivity contribution in [2.45, 2.75) is 26.2 Å². The number of nitrogens with zero attached hydrogens (tertiary/aromatic N) is 3. The number of piperidine rings is 1. The Hall–Kier alpha value is -1.88. The van der Waals surface area contributed by atoms with Gasteiger partial charge < -0.3 is 14.1 Å². The van der Waals surface area contributed by atoms with Gasteiger partial charge in [0.25, 0.3) is 0 Å². The maximum atomic E-state index is 5.32. The van der Waals surface area contributed by atoms with E-state index in [1.807, 2.05) is 6.07 Å². The van der Waals surface area contributed by atoms with Crippen LogP contribution in [-0.4, -0.2) is 36.8 Å². The second-order valence-electron chi connectivity index (χ2n) is 5.82. The largest absolute Gasteiger partial charge is 0.472 e. The summed E-state index contributed by atoms with van der Waals surface area (Å²) >= 11 is 0. The molecule has 0 saturated carbocycles. The van der Waals surface area contributed by atoms with Crippen LogP contribution in [0.2, 0.25) is 0 Å². The Kier molecular flexibility index (Phi) is 4.73. The zero-order valence-electron chi connectivity index (χ0n) is 13.3. The number of anilines is 1. The van der Waals surface area contributed by atoms with Gasteiger partial charge >= 0.3 is 0 Å². The first-order valence-corrected chi connectivity index (χ1v) is 7.94. The molecule has 0 amide bonds. The molecule has 0 aliphatic carbocycles. The standard InChI is InChI=1S/C17H23N3O2/c1-3-15-9-16(19-17(18-15)14-6-8-22-12-14)20-7-4-5-13(10-20)11-21-2/h6,8-9,12-13H,3-5,7,10-11H2,1-2H3. The zero-order chi connectivity index (χ0) is 15.4. The summed E-state index contributed by atoms with van der Waals surface area (Å²) < 4.78 is 10.5. The quantitative estimate of drug-likeness (QED) is 0.849. The van der Waals surface area contributed by atoms with E-state index in [-0.39, 0.29) is 0 Å². The summed E-state index contributed by atoms with van der Waals surface area (Å²) in [4.78, 5) is 11.7. The van der Waals surface area contributed by atoms with Crippen LogP contribution >= 0.6 is 0 Å². The van der Waals surface area contributed by atoms with Crippen LogP contribution in [-0.2, 0) is 11.2 Å². The molecule has 22 heavy (non-hydrogen) atoms. The van der Waals surface area contributed by atoms with Gasteiger partial charge in [-0.1, -0.05) is 6.92 Å². The first kappa shape index (κ1) is 15.0. The van der Waals surface area contributed by atoms with E-state index in [9.17, 15) is 0 Å². The van der Waals surface area contributed by atoms with Gasteiger partial charge in [-0.2, -0.15) is 0 Å². The van der Waals surface area contributed by atoms with Crippen molar-refractivity contribution in [1.82, 2.24) is 9.97 Å². The van der Waals surface area contributed by atoms with Gasteiger partial charge in [0.1, 0.15) is 12.1 Å². The van der Waals surface area contributed by atoms with Gasteiger partial charge in [-0.15, -0.1) is 0 Å². The Morgan fingerprint density at radius 2 is 2.32 bits per heavy atom. The van der Waals surface area contributed by atoms with E-state index in [4.69, 9.17) is 14.1 Å². The van der Waals surface area contributed by atoms with Crippen LogP contribution in [0.15, 0.2) is 29.1 Å². The number of aromatic nitrogens is 2. The van der Waals surface area contributed by atoms with Crippen molar-refractivity contribution in [3.05, 3.63) is 30.4 Å². The molecule has 0 aromatic carbocycles. The zero-order valence-corrected chi connectivity index (χ0v) is 13.3. The topological polar surface area (TPSA) is 51.4 Å². The van der Waals surface area contributed by atoms with E-state index in [2.05, 4.69) is 22.9 Å². The molecule has 1 atom stereocenters. The third-order valence-corrected chi connectivity index (χ3v) is 4.15. The van der Waals surface area contributed by atoms with Crippen LogP contribution in [0, 0.1) is 5.92 Å². The predicted octanol–water partition coefficient (Wildman–Crippen LogP) is 3.16. The van der Waals surface area contributed by atoms with Gasteiger partial charge in [-0.25, -0.2) is 9.97 Å². The molecular formula is C17H23N3O2. The fourth-order valence-electron chi connectivity index (χ4n) is 2.99. The highest BCUT2D eigenvalue weighted by Crippen LogP contribution is 2.25. The number of hydrogen-bond acceptors (Lipinski definition) is 5. The second-order valence-corrected chi connectivity index (χ2v) is 5.82. The minimum absolute atomic E-state index is 0.580. The molecule has 2 aromatic rings. The van der Waals surface area contributed by atoms with E-state index < -0.39 is 0 Å². The number of rotatable bonds is 5. The smallest absolute Gasteiger partial charge is 0.165 e. The van der Waals surface area contributed by atoms with Crippen LogP contribution in [0.4, 0.5) is 5.82 Å². The molecule has 5 heteroatoms. The molecule has 0 bridgehead atoms. The van der Waals surface area contributed by atoms with Crippen LogP contribution in [0.3, 0.4) is 0 Å². The molecule has 3 rings (SSSR count). The SMILES string of the molecule is CCc1cc(N2CCCC(COC)C2)nc(-c2ccoc2)n1. The molecule has 0 N–H and O–H groups in total. The van der Waals surface area contributed by atoms with Gasteiger partial charge in [0, 0.05) is 32.0 Å². The lowest BCUT2D eigenvalue weighted by Crippen LogP contribution is -2.37. The minimum Gasteiger partial charge on any atom is -0.472 e. The molecule has 1 saturated heterocycles. The van der Waals surface area contributed by atoms with Gasteiger partial charge in [-0.05, 0) is 31.2 Å². The number of methoxy groups -OCH3 is 1. The Morgan fingerprint density at radius 3 is 3.05 bits per heavy atom. The monoisotopic (exact) mass is 301 g/mol. The van der Waals surface area contributed by atoms with Crippen molar-refractivity contribution < 1.29 is 9.15 Å².